The van der Waals surface area contributed by atoms with Gasteiger partial charge < -0.3 is 5.32 Å². The van der Waals surface area contributed by atoms with E-state index in [0.29, 0.717) is 6.04 Å². The Morgan fingerprint density at radius 2 is 2.13 bits per heavy atom. The molecule has 0 spiro atoms. The van der Waals surface area contributed by atoms with Gasteiger partial charge >= 0.3 is 0 Å². The van der Waals surface area contributed by atoms with Crippen LogP contribution in [0.4, 0.5) is 5.82 Å². The van der Waals surface area contributed by atoms with E-state index in [4.69, 9.17) is 0 Å². The van der Waals surface area contributed by atoms with Crippen molar-refractivity contribution in [3.8, 4) is 0 Å². The van der Waals surface area contributed by atoms with E-state index in [1.165, 1.54) is 12.8 Å². The monoisotopic (exact) mass is 205 g/mol. The van der Waals surface area contributed by atoms with Gasteiger partial charge in [0.15, 0.2) is 0 Å². The molecule has 0 bridgehead atoms. The predicted molar refractivity (Wildman–Crippen MR) is 61.7 cm³/mol. The highest BCUT2D eigenvalue weighted by Crippen LogP contribution is 2.32. The molecule has 1 aromatic rings. The molecule has 0 radical (unpaired) electrons. The minimum atomic E-state index is 0.578. The summed E-state index contributed by atoms with van der Waals surface area (Å²) in [4.78, 5) is 8.47. The van der Waals surface area contributed by atoms with Crippen LogP contribution in [0.2, 0.25) is 0 Å². The second-order valence-electron chi connectivity index (χ2n) is 4.65. The summed E-state index contributed by atoms with van der Waals surface area (Å²) >= 11 is 0. The first-order valence-electron chi connectivity index (χ1n) is 5.73. The van der Waals surface area contributed by atoms with E-state index < -0.39 is 0 Å². The first kappa shape index (κ1) is 10.4. The number of hydrogen-bond acceptors (Lipinski definition) is 3. The second kappa shape index (κ2) is 4.17. The van der Waals surface area contributed by atoms with E-state index in [1.54, 1.807) is 0 Å². The molecule has 1 aliphatic rings. The molecule has 3 atom stereocenters. The average molecular weight is 205 g/mol. The number of nitrogens with one attached hydrogen (secondary N) is 1. The quantitative estimate of drug-likeness (QED) is 0.806. The van der Waals surface area contributed by atoms with E-state index in [2.05, 4.69) is 29.1 Å². The van der Waals surface area contributed by atoms with Crippen LogP contribution in [0.5, 0.6) is 0 Å². The molecule has 2 rings (SSSR count). The van der Waals surface area contributed by atoms with Crippen LogP contribution in [0.3, 0.4) is 0 Å². The Morgan fingerprint density at radius 3 is 2.73 bits per heavy atom. The lowest BCUT2D eigenvalue weighted by Gasteiger charge is -2.20. The van der Waals surface area contributed by atoms with Crippen molar-refractivity contribution in [3.63, 3.8) is 0 Å². The van der Waals surface area contributed by atoms with Gasteiger partial charge in [0.25, 0.3) is 0 Å². The molecule has 1 saturated carbocycles. The molecule has 3 heteroatoms. The third-order valence-corrected chi connectivity index (χ3v) is 3.57. The Balaban J connectivity index is 2.03. The largest absolute Gasteiger partial charge is 0.367 e. The summed E-state index contributed by atoms with van der Waals surface area (Å²) in [5.74, 6) is 3.36. The number of hydrogen-bond donors (Lipinski definition) is 1. The summed E-state index contributed by atoms with van der Waals surface area (Å²) in [6.45, 7) is 6.58. The summed E-state index contributed by atoms with van der Waals surface area (Å²) in [5.41, 5.74) is 0. The fraction of sp³-hybridized carbons (Fsp3) is 0.667. The molecule has 82 valence electrons. The molecule has 1 fully saturated rings. The predicted octanol–water partition coefficient (Wildman–Crippen LogP) is 2.63. The van der Waals surface area contributed by atoms with Crippen LogP contribution in [0, 0.1) is 18.8 Å². The molecule has 0 aromatic carbocycles. The number of aryl methyl sites for hydroxylation is 1. The lowest BCUT2D eigenvalue weighted by Crippen LogP contribution is -2.24. The molecule has 0 saturated heterocycles. The van der Waals surface area contributed by atoms with Gasteiger partial charge in [-0.25, -0.2) is 9.97 Å². The molecule has 3 unspecified atom stereocenters. The Bertz CT molecular complexity index is 337. The molecule has 1 aromatic heterocycles. The van der Waals surface area contributed by atoms with Crippen LogP contribution >= 0.6 is 0 Å². The number of rotatable bonds is 2. The smallest absolute Gasteiger partial charge is 0.129 e. The fourth-order valence-electron chi connectivity index (χ4n) is 2.29. The van der Waals surface area contributed by atoms with Gasteiger partial charge in [0, 0.05) is 12.2 Å². The second-order valence-corrected chi connectivity index (χ2v) is 4.65. The van der Waals surface area contributed by atoms with Crippen LogP contribution < -0.4 is 5.32 Å². The maximum Gasteiger partial charge on any atom is 0.129 e. The standard InChI is InChI=1S/C12H19N3/c1-8-4-5-11(9(8)2)15-12-6-7-13-10(3)14-12/h6-9,11H,4-5H2,1-3H3,(H,13,14,15). The highest BCUT2D eigenvalue weighted by molar-refractivity contribution is 5.34. The highest BCUT2D eigenvalue weighted by atomic mass is 15.0. The summed E-state index contributed by atoms with van der Waals surface area (Å²) in [5, 5.41) is 3.51. The minimum absolute atomic E-state index is 0.578. The Morgan fingerprint density at radius 1 is 1.33 bits per heavy atom. The summed E-state index contributed by atoms with van der Waals surface area (Å²) in [6.07, 6.45) is 4.39. The van der Waals surface area contributed by atoms with Crippen molar-refractivity contribution in [2.75, 3.05) is 5.32 Å². The molecule has 1 heterocycles. The van der Waals surface area contributed by atoms with Crippen LogP contribution in [-0.2, 0) is 0 Å². The van der Waals surface area contributed by atoms with Gasteiger partial charge in [-0.15, -0.1) is 0 Å². The molecule has 15 heavy (non-hydrogen) atoms. The first-order chi connectivity index (χ1) is 7.16. The Labute approximate surface area is 91.3 Å². The Hall–Kier alpha value is -1.12. The van der Waals surface area contributed by atoms with Crippen LogP contribution in [0.25, 0.3) is 0 Å². The van der Waals surface area contributed by atoms with Crippen LogP contribution in [-0.4, -0.2) is 16.0 Å². The zero-order valence-electron chi connectivity index (χ0n) is 9.70. The number of aromatic nitrogens is 2. The normalized spacial score (nSPS) is 30.5. The van der Waals surface area contributed by atoms with Gasteiger partial charge in [-0.1, -0.05) is 13.8 Å². The summed E-state index contributed by atoms with van der Waals surface area (Å²) in [6, 6.07) is 2.53. The van der Waals surface area contributed by atoms with Crippen molar-refractivity contribution in [1.82, 2.24) is 9.97 Å². The van der Waals surface area contributed by atoms with Crippen molar-refractivity contribution in [3.05, 3.63) is 18.1 Å². The zero-order valence-corrected chi connectivity index (χ0v) is 9.70. The topological polar surface area (TPSA) is 37.8 Å². The van der Waals surface area contributed by atoms with Gasteiger partial charge in [-0.3, -0.25) is 0 Å². The Kier molecular flexibility index (Phi) is 2.89. The van der Waals surface area contributed by atoms with Crippen molar-refractivity contribution in [2.24, 2.45) is 11.8 Å². The van der Waals surface area contributed by atoms with Gasteiger partial charge in [0.05, 0.1) is 0 Å². The lowest BCUT2D eigenvalue weighted by molar-refractivity contribution is 0.435. The van der Waals surface area contributed by atoms with Crippen LogP contribution in [0.15, 0.2) is 12.3 Å². The number of anilines is 1. The first-order valence-corrected chi connectivity index (χ1v) is 5.73. The van der Waals surface area contributed by atoms with Gasteiger partial charge in [0.1, 0.15) is 11.6 Å². The fourth-order valence-corrected chi connectivity index (χ4v) is 2.29. The highest BCUT2D eigenvalue weighted by Gasteiger charge is 2.29. The third-order valence-electron chi connectivity index (χ3n) is 3.57. The van der Waals surface area contributed by atoms with Crippen molar-refractivity contribution in [2.45, 2.75) is 39.7 Å². The van der Waals surface area contributed by atoms with E-state index >= 15 is 0 Å². The molecule has 1 N–H and O–H groups in total. The van der Waals surface area contributed by atoms with E-state index in [-0.39, 0.29) is 0 Å². The molecule has 3 nitrogen and oxygen atoms in total. The zero-order chi connectivity index (χ0) is 10.8. The van der Waals surface area contributed by atoms with Crippen molar-refractivity contribution >= 4 is 5.82 Å². The average Bonchev–Trinajstić information content (AvgIpc) is 2.50. The van der Waals surface area contributed by atoms with Crippen molar-refractivity contribution < 1.29 is 0 Å². The molecule has 0 amide bonds. The third kappa shape index (κ3) is 2.28. The maximum absolute atomic E-state index is 4.37. The summed E-state index contributed by atoms with van der Waals surface area (Å²) in [7, 11) is 0. The van der Waals surface area contributed by atoms with Gasteiger partial charge in [0.2, 0.25) is 0 Å². The van der Waals surface area contributed by atoms with E-state index in [9.17, 15) is 0 Å². The molecular weight excluding hydrogens is 186 g/mol. The van der Waals surface area contributed by atoms with E-state index in [0.717, 1.165) is 23.5 Å². The van der Waals surface area contributed by atoms with Gasteiger partial charge in [-0.05, 0) is 37.7 Å². The minimum Gasteiger partial charge on any atom is -0.367 e. The molecular formula is C12H19N3. The lowest BCUT2D eigenvalue weighted by atomic mass is 9.98. The molecule has 0 aliphatic heterocycles. The van der Waals surface area contributed by atoms with E-state index in [1.807, 2.05) is 19.2 Å². The van der Waals surface area contributed by atoms with Crippen molar-refractivity contribution in [1.29, 1.82) is 0 Å². The molecule has 1 aliphatic carbocycles. The van der Waals surface area contributed by atoms with Crippen LogP contribution in [0.1, 0.15) is 32.5 Å². The summed E-state index contributed by atoms with van der Waals surface area (Å²) < 4.78 is 0. The SMILES string of the molecule is Cc1nccc(NC2CCC(C)C2C)n1. The maximum atomic E-state index is 4.37. The number of nitrogens with zero attached hydrogens (tertiary/aromatic N) is 2. The van der Waals surface area contributed by atoms with Gasteiger partial charge in [-0.2, -0.15) is 0 Å².